The number of rotatable bonds is 10. The molecule has 0 saturated carbocycles. The molecule has 0 aliphatic heterocycles. The number of benzene rings is 3. The summed E-state index contributed by atoms with van der Waals surface area (Å²) < 4.78 is 5.88. The predicted octanol–water partition coefficient (Wildman–Crippen LogP) is 5.01. The largest absolute Gasteiger partial charge is 0.494 e. The zero-order valence-electron chi connectivity index (χ0n) is 17.2. The highest BCUT2D eigenvalue weighted by molar-refractivity contribution is 5.63. The summed E-state index contributed by atoms with van der Waals surface area (Å²) in [7, 11) is 0. The third-order valence-electron chi connectivity index (χ3n) is 5.21. The lowest BCUT2D eigenvalue weighted by atomic mass is 9.95. The van der Waals surface area contributed by atoms with Gasteiger partial charge in [-0.2, -0.15) is 0 Å². The van der Waals surface area contributed by atoms with Crippen molar-refractivity contribution in [2.24, 2.45) is 5.73 Å². The lowest BCUT2D eigenvalue weighted by molar-refractivity contribution is 0.200. The smallest absolute Gasteiger partial charge is 0.119 e. The molecular formula is C26H31NO2. The Kier molecular flexibility index (Phi) is 7.45. The Bertz CT molecular complexity index is 855. The zero-order chi connectivity index (χ0) is 20.5. The second kappa shape index (κ2) is 10.2. The fourth-order valence-electron chi connectivity index (χ4n) is 3.22. The van der Waals surface area contributed by atoms with E-state index in [9.17, 15) is 5.11 Å². The van der Waals surface area contributed by atoms with Crippen molar-refractivity contribution in [3.63, 3.8) is 0 Å². The number of hydrogen-bond donors (Lipinski definition) is 2. The van der Waals surface area contributed by atoms with Crippen molar-refractivity contribution >= 4 is 0 Å². The topological polar surface area (TPSA) is 55.5 Å². The van der Waals surface area contributed by atoms with Crippen molar-refractivity contribution in [1.29, 1.82) is 0 Å². The lowest BCUT2D eigenvalue weighted by Gasteiger charge is -2.21. The summed E-state index contributed by atoms with van der Waals surface area (Å²) in [6.45, 7) is 2.58. The first kappa shape index (κ1) is 21.1. The van der Waals surface area contributed by atoms with E-state index in [1.165, 1.54) is 22.3 Å². The average Bonchev–Trinajstić information content (AvgIpc) is 2.77. The molecule has 0 saturated heterocycles. The number of aliphatic hydroxyl groups is 1. The van der Waals surface area contributed by atoms with Gasteiger partial charge in [0.05, 0.1) is 13.2 Å². The normalized spacial score (nSPS) is 13.1. The SMILES string of the molecule is C[C@](N)(CO)CCc1ccc(OCCCc2ccc(-c3ccccc3)cc2)cc1. The van der Waals surface area contributed by atoms with Crippen LogP contribution in [-0.2, 0) is 12.8 Å². The van der Waals surface area contributed by atoms with E-state index in [2.05, 4.69) is 60.7 Å². The van der Waals surface area contributed by atoms with Gasteiger partial charge in [-0.05, 0) is 67.0 Å². The summed E-state index contributed by atoms with van der Waals surface area (Å²) in [6.07, 6.45) is 3.59. The number of aliphatic hydroxyl groups excluding tert-OH is 1. The maximum absolute atomic E-state index is 9.24. The third kappa shape index (κ3) is 6.74. The van der Waals surface area contributed by atoms with Gasteiger partial charge in [-0.3, -0.25) is 0 Å². The van der Waals surface area contributed by atoms with E-state index in [0.29, 0.717) is 6.61 Å². The third-order valence-corrected chi connectivity index (χ3v) is 5.21. The van der Waals surface area contributed by atoms with Crippen LogP contribution in [0.1, 0.15) is 30.9 Å². The Morgan fingerprint density at radius 3 is 2.03 bits per heavy atom. The van der Waals surface area contributed by atoms with Crippen molar-refractivity contribution < 1.29 is 9.84 Å². The van der Waals surface area contributed by atoms with Gasteiger partial charge in [0.15, 0.2) is 0 Å². The second-order valence-corrected chi connectivity index (χ2v) is 7.97. The fraction of sp³-hybridized carbons (Fsp3) is 0.308. The zero-order valence-corrected chi connectivity index (χ0v) is 17.2. The number of nitrogens with two attached hydrogens (primary N) is 1. The Morgan fingerprint density at radius 2 is 1.38 bits per heavy atom. The van der Waals surface area contributed by atoms with E-state index < -0.39 is 5.54 Å². The molecule has 0 radical (unpaired) electrons. The first-order valence-corrected chi connectivity index (χ1v) is 10.3. The highest BCUT2D eigenvalue weighted by atomic mass is 16.5. The summed E-state index contributed by atoms with van der Waals surface area (Å²) in [5.74, 6) is 0.894. The Labute approximate surface area is 174 Å². The summed E-state index contributed by atoms with van der Waals surface area (Å²) >= 11 is 0. The van der Waals surface area contributed by atoms with Crippen LogP contribution in [0.15, 0.2) is 78.9 Å². The standard InChI is InChI=1S/C26H31NO2/c1-26(27,20-28)18-17-22-11-15-25(16-12-22)29-19-5-6-21-9-13-24(14-10-21)23-7-3-2-4-8-23/h2-4,7-16,28H,5-6,17-20,27H2,1H3/t26-/m1/s1. The quantitative estimate of drug-likeness (QED) is 0.479. The van der Waals surface area contributed by atoms with Crippen LogP contribution in [0, 0.1) is 0 Å². The van der Waals surface area contributed by atoms with E-state index in [0.717, 1.165) is 31.4 Å². The molecule has 152 valence electrons. The van der Waals surface area contributed by atoms with Gasteiger partial charge in [-0.1, -0.05) is 66.7 Å². The molecule has 0 aliphatic carbocycles. The summed E-state index contributed by atoms with van der Waals surface area (Å²) in [5, 5.41) is 9.24. The fourth-order valence-corrected chi connectivity index (χ4v) is 3.22. The van der Waals surface area contributed by atoms with Crippen molar-refractivity contribution in [3.8, 4) is 16.9 Å². The van der Waals surface area contributed by atoms with Crippen LogP contribution in [0.25, 0.3) is 11.1 Å². The predicted molar refractivity (Wildman–Crippen MR) is 120 cm³/mol. The van der Waals surface area contributed by atoms with Crippen molar-refractivity contribution in [3.05, 3.63) is 90.0 Å². The Morgan fingerprint density at radius 1 is 0.793 bits per heavy atom. The summed E-state index contributed by atoms with van der Waals surface area (Å²) in [6, 6.07) is 27.4. The lowest BCUT2D eigenvalue weighted by Crippen LogP contribution is -2.40. The molecule has 29 heavy (non-hydrogen) atoms. The van der Waals surface area contributed by atoms with Crippen LogP contribution < -0.4 is 10.5 Å². The number of ether oxygens (including phenoxy) is 1. The van der Waals surface area contributed by atoms with Crippen molar-refractivity contribution in [2.45, 2.75) is 38.1 Å². The maximum Gasteiger partial charge on any atom is 0.119 e. The minimum absolute atomic E-state index is 0.00315. The van der Waals surface area contributed by atoms with E-state index in [1.54, 1.807) is 0 Å². The molecule has 0 aliphatic rings. The minimum Gasteiger partial charge on any atom is -0.494 e. The molecular weight excluding hydrogens is 358 g/mol. The molecule has 0 spiro atoms. The monoisotopic (exact) mass is 389 g/mol. The van der Waals surface area contributed by atoms with Crippen molar-refractivity contribution in [1.82, 2.24) is 0 Å². The van der Waals surface area contributed by atoms with Crippen LogP contribution >= 0.6 is 0 Å². The van der Waals surface area contributed by atoms with Gasteiger partial charge >= 0.3 is 0 Å². The first-order chi connectivity index (χ1) is 14.1. The van der Waals surface area contributed by atoms with Gasteiger partial charge in [-0.25, -0.2) is 0 Å². The van der Waals surface area contributed by atoms with E-state index in [4.69, 9.17) is 10.5 Å². The highest BCUT2D eigenvalue weighted by Gasteiger charge is 2.16. The van der Waals surface area contributed by atoms with Crippen LogP contribution in [0.2, 0.25) is 0 Å². The molecule has 3 rings (SSSR count). The molecule has 0 aromatic heterocycles. The van der Waals surface area contributed by atoms with E-state index in [-0.39, 0.29) is 6.61 Å². The first-order valence-electron chi connectivity index (χ1n) is 10.3. The Balaban J connectivity index is 1.40. The molecule has 0 fully saturated rings. The molecule has 3 N–H and O–H groups in total. The number of aryl methyl sites for hydroxylation is 2. The molecule has 3 nitrogen and oxygen atoms in total. The molecule has 0 amide bonds. The molecule has 3 heteroatoms. The average molecular weight is 390 g/mol. The minimum atomic E-state index is -0.519. The van der Waals surface area contributed by atoms with Gasteiger partial charge < -0.3 is 15.6 Å². The van der Waals surface area contributed by atoms with Crippen LogP contribution in [0.3, 0.4) is 0 Å². The molecule has 1 atom stereocenters. The molecule has 0 heterocycles. The number of hydrogen-bond acceptors (Lipinski definition) is 3. The maximum atomic E-state index is 9.24. The van der Waals surface area contributed by atoms with Gasteiger partial charge in [0, 0.05) is 5.54 Å². The Hall–Kier alpha value is -2.62. The van der Waals surface area contributed by atoms with Gasteiger partial charge in [0.2, 0.25) is 0 Å². The molecule has 0 bridgehead atoms. The highest BCUT2D eigenvalue weighted by Crippen LogP contribution is 2.20. The summed E-state index contributed by atoms with van der Waals surface area (Å²) in [5.41, 5.74) is 10.5. The van der Waals surface area contributed by atoms with E-state index >= 15 is 0 Å². The molecule has 0 unspecified atom stereocenters. The van der Waals surface area contributed by atoms with Crippen LogP contribution in [0.4, 0.5) is 0 Å². The summed E-state index contributed by atoms with van der Waals surface area (Å²) in [4.78, 5) is 0. The molecule has 3 aromatic carbocycles. The van der Waals surface area contributed by atoms with Crippen molar-refractivity contribution in [2.75, 3.05) is 13.2 Å². The van der Waals surface area contributed by atoms with Crippen LogP contribution in [0.5, 0.6) is 5.75 Å². The van der Waals surface area contributed by atoms with Gasteiger partial charge in [0.1, 0.15) is 5.75 Å². The van der Waals surface area contributed by atoms with E-state index in [1.807, 2.05) is 25.1 Å². The molecule has 3 aromatic rings. The van der Waals surface area contributed by atoms with Crippen LogP contribution in [-0.4, -0.2) is 23.9 Å². The second-order valence-electron chi connectivity index (χ2n) is 7.97. The van der Waals surface area contributed by atoms with Gasteiger partial charge in [-0.15, -0.1) is 0 Å². The van der Waals surface area contributed by atoms with Gasteiger partial charge in [0.25, 0.3) is 0 Å².